The molecule has 0 bridgehead atoms. The monoisotopic (exact) mass is 238 g/mol. The topological polar surface area (TPSA) is 49.4 Å². The van der Waals surface area contributed by atoms with Crippen molar-refractivity contribution in [2.45, 2.75) is 52.6 Å². The van der Waals surface area contributed by atoms with E-state index in [-0.39, 0.29) is 35.9 Å². The van der Waals surface area contributed by atoms with Gasteiger partial charge in [-0.1, -0.05) is 20.8 Å². The van der Waals surface area contributed by atoms with Gasteiger partial charge in [0.25, 0.3) is 0 Å². The molecule has 0 radical (unpaired) electrons. The van der Waals surface area contributed by atoms with Gasteiger partial charge in [0.2, 0.25) is 11.8 Å². The maximum absolute atomic E-state index is 12.4. The first kappa shape index (κ1) is 12.4. The van der Waals surface area contributed by atoms with Crippen LogP contribution in [0.15, 0.2) is 0 Å². The summed E-state index contributed by atoms with van der Waals surface area (Å²) < 4.78 is 0. The Morgan fingerprint density at radius 1 is 1.29 bits per heavy atom. The third-order valence-electron chi connectivity index (χ3n) is 3.99. The van der Waals surface area contributed by atoms with Crippen LogP contribution in [0.5, 0.6) is 0 Å². The van der Waals surface area contributed by atoms with Crippen LogP contribution in [0.3, 0.4) is 0 Å². The summed E-state index contributed by atoms with van der Waals surface area (Å²) in [5.41, 5.74) is 0.00137. The lowest BCUT2D eigenvalue weighted by atomic mass is 9.86. The van der Waals surface area contributed by atoms with Crippen molar-refractivity contribution >= 4 is 11.8 Å². The molecule has 2 fully saturated rings. The van der Waals surface area contributed by atoms with Crippen LogP contribution < -0.4 is 5.32 Å². The van der Waals surface area contributed by atoms with E-state index in [1.807, 2.05) is 6.92 Å². The van der Waals surface area contributed by atoms with Crippen molar-refractivity contribution in [3.63, 3.8) is 0 Å². The summed E-state index contributed by atoms with van der Waals surface area (Å²) in [6, 6.07) is -0.177. The second-order valence-corrected chi connectivity index (χ2v) is 6.39. The fraction of sp³-hybridized carbons (Fsp3) is 0.846. The number of amides is 2. The van der Waals surface area contributed by atoms with Gasteiger partial charge in [0, 0.05) is 6.04 Å². The predicted molar refractivity (Wildman–Crippen MR) is 65.3 cm³/mol. The fourth-order valence-electron chi connectivity index (χ4n) is 2.24. The number of carbonyl (C=O) groups excluding carboxylic acids is 2. The molecule has 0 aromatic rings. The Labute approximate surface area is 103 Å². The average Bonchev–Trinajstić information content (AvgIpc) is 3.02. The van der Waals surface area contributed by atoms with E-state index in [9.17, 15) is 9.59 Å². The second kappa shape index (κ2) is 4.00. The zero-order valence-electron chi connectivity index (χ0n) is 11.1. The van der Waals surface area contributed by atoms with Gasteiger partial charge < -0.3 is 10.2 Å². The van der Waals surface area contributed by atoms with Gasteiger partial charge in [-0.2, -0.15) is 0 Å². The maximum Gasteiger partial charge on any atom is 0.246 e. The number of hydrogen-bond acceptors (Lipinski definition) is 2. The molecule has 0 spiro atoms. The van der Waals surface area contributed by atoms with Gasteiger partial charge in [-0.15, -0.1) is 0 Å². The fourth-order valence-corrected chi connectivity index (χ4v) is 2.24. The van der Waals surface area contributed by atoms with E-state index in [1.165, 1.54) is 0 Å². The molecule has 4 heteroatoms. The Morgan fingerprint density at radius 3 is 2.35 bits per heavy atom. The van der Waals surface area contributed by atoms with Crippen molar-refractivity contribution in [3.8, 4) is 0 Å². The van der Waals surface area contributed by atoms with Crippen LogP contribution in [0.2, 0.25) is 0 Å². The zero-order chi connectivity index (χ0) is 12.8. The molecule has 2 amide bonds. The first-order chi connectivity index (χ1) is 7.80. The van der Waals surface area contributed by atoms with E-state index in [0.29, 0.717) is 5.92 Å². The Balaban J connectivity index is 2.15. The van der Waals surface area contributed by atoms with Crippen LogP contribution in [-0.2, 0) is 9.59 Å². The van der Waals surface area contributed by atoms with Crippen molar-refractivity contribution in [1.82, 2.24) is 10.2 Å². The summed E-state index contributed by atoms with van der Waals surface area (Å²) in [6.45, 7) is 8.54. The molecule has 1 aliphatic carbocycles. The quantitative estimate of drug-likeness (QED) is 0.784. The van der Waals surface area contributed by atoms with Gasteiger partial charge in [0.15, 0.2) is 0 Å². The van der Waals surface area contributed by atoms with Crippen LogP contribution in [0.25, 0.3) is 0 Å². The van der Waals surface area contributed by atoms with Gasteiger partial charge in [0.1, 0.15) is 6.04 Å². The first-order valence-corrected chi connectivity index (χ1v) is 6.40. The Morgan fingerprint density at radius 2 is 1.88 bits per heavy atom. The number of rotatable bonds is 2. The average molecular weight is 238 g/mol. The highest BCUT2D eigenvalue weighted by molar-refractivity contribution is 5.95. The summed E-state index contributed by atoms with van der Waals surface area (Å²) in [7, 11) is 0. The van der Waals surface area contributed by atoms with Crippen molar-refractivity contribution in [1.29, 1.82) is 0 Å². The maximum atomic E-state index is 12.4. The van der Waals surface area contributed by atoms with E-state index in [1.54, 1.807) is 4.90 Å². The van der Waals surface area contributed by atoms with Gasteiger partial charge in [0.05, 0.1) is 6.54 Å². The first-order valence-electron chi connectivity index (χ1n) is 6.40. The Hall–Kier alpha value is -1.06. The predicted octanol–water partition coefficient (Wildman–Crippen LogP) is 1.16. The van der Waals surface area contributed by atoms with E-state index in [4.69, 9.17) is 0 Å². The Kier molecular flexibility index (Phi) is 2.92. The van der Waals surface area contributed by atoms with E-state index < -0.39 is 0 Å². The van der Waals surface area contributed by atoms with E-state index in [0.717, 1.165) is 12.8 Å². The molecule has 1 saturated carbocycles. The summed E-state index contributed by atoms with van der Waals surface area (Å²) >= 11 is 0. The number of piperazine rings is 1. The summed E-state index contributed by atoms with van der Waals surface area (Å²) in [5, 5.41) is 2.83. The van der Waals surface area contributed by atoms with E-state index in [2.05, 4.69) is 26.1 Å². The molecule has 0 aromatic heterocycles. The summed E-state index contributed by atoms with van der Waals surface area (Å²) in [5.74, 6) is 0.466. The summed E-state index contributed by atoms with van der Waals surface area (Å²) in [6.07, 6.45) is 2.13. The molecule has 2 atom stereocenters. The molecule has 2 unspecified atom stereocenters. The normalized spacial score (nSPS) is 28.0. The van der Waals surface area contributed by atoms with Crippen molar-refractivity contribution in [2.75, 3.05) is 6.54 Å². The zero-order valence-corrected chi connectivity index (χ0v) is 11.1. The summed E-state index contributed by atoms with van der Waals surface area (Å²) in [4.78, 5) is 25.8. The van der Waals surface area contributed by atoms with Crippen LogP contribution in [0.4, 0.5) is 0 Å². The van der Waals surface area contributed by atoms with Crippen molar-refractivity contribution < 1.29 is 9.59 Å². The molecule has 96 valence electrons. The number of hydrogen-bond donors (Lipinski definition) is 1. The molecule has 2 aliphatic rings. The third-order valence-corrected chi connectivity index (χ3v) is 3.99. The van der Waals surface area contributed by atoms with E-state index >= 15 is 0 Å². The molecule has 0 aromatic carbocycles. The minimum Gasteiger partial charge on any atom is -0.342 e. The third kappa shape index (κ3) is 2.45. The highest BCUT2D eigenvalue weighted by atomic mass is 16.2. The van der Waals surface area contributed by atoms with Gasteiger partial charge in [-0.3, -0.25) is 9.59 Å². The smallest absolute Gasteiger partial charge is 0.246 e. The Bertz CT molecular complexity index is 342. The molecule has 1 saturated heterocycles. The van der Waals surface area contributed by atoms with Crippen molar-refractivity contribution in [2.24, 2.45) is 11.3 Å². The number of nitrogens with zero attached hydrogens (tertiary/aromatic N) is 1. The SMILES string of the molecule is CC(N1CC(=O)NC(C2CC2)C1=O)C(C)(C)C. The second-order valence-electron chi connectivity index (χ2n) is 6.39. The molecule has 2 rings (SSSR count). The van der Waals surface area contributed by atoms with Crippen LogP contribution in [0, 0.1) is 11.3 Å². The van der Waals surface area contributed by atoms with Crippen LogP contribution >= 0.6 is 0 Å². The highest BCUT2D eigenvalue weighted by Crippen LogP contribution is 2.35. The molecule has 1 heterocycles. The largest absolute Gasteiger partial charge is 0.342 e. The lowest BCUT2D eigenvalue weighted by Gasteiger charge is -2.42. The minimum atomic E-state index is -0.263. The standard InChI is InChI=1S/C13H22N2O2/c1-8(13(2,3)4)15-7-10(16)14-11(12(15)17)9-5-6-9/h8-9,11H,5-7H2,1-4H3,(H,14,16). The van der Waals surface area contributed by atoms with Gasteiger partial charge in [-0.05, 0) is 31.1 Å². The molecule has 17 heavy (non-hydrogen) atoms. The van der Waals surface area contributed by atoms with Crippen LogP contribution in [0.1, 0.15) is 40.5 Å². The molecule has 1 aliphatic heterocycles. The molecular formula is C13H22N2O2. The number of nitrogens with one attached hydrogen (secondary N) is 1. The highest BCUT2D eigenvalue weighted by Gasteiger charge is 2.45. The van der Waals surface area contributed by atoms with Crippen molar-refractivity contribution in [3.05, 3.63) is 0 Å². The lowest BCUT2D eigenvalue weighted by molar-refractivity contribution is -0.149. The van der Waals surface area contributed by atoms with Gasteiger partial charge >= 0.3 is 0 Å². The molecular weight excluding hydrogens is 216 g/mol. The lowest BCUT2D eigenvalue weighted by Crippen LogP contribution is -2.62. The van der Waals surface area contributed by atoms with Gasteiger partial charge in [-0.25, -0.2) is 0 Å². The number of carbonyl (C=O) groups is 2. The van der Waals surface area contributed by atoms with Crippen LogP contribution in [-0.4, -0.2) is 35.3 Å². The molecule has 4 nitrogen and oxygen atoms in total. The minimum absolute atomic E-state index is 0.00137. The molecule has 1 N–H and O–H groups in total.